The van der Waals surface area contributed by atoms with Crippen molar-refractivity contribution >= 4 is 16.8 Å². The van der Waals surface area contributed by atoms with Crippen molar-refractivity contribution in [1.82, 2.24) is 19.7 Å². The number of carbonyl (C=O) groups excluding carboxylic acids is 1. The fraction of sp³-hybridized carbons (Fsp3) is 0.316. The summed E-state index contributed by atoms with van der Waals surface area (Å²) in [5.41, 5.74) is -0.492. The molecule has 1 aromatic carbocycles. The van der Waals surface area contributed by atoms with E-state index in [9.17, 15) is 22.8 Å². The number of nitrogens with one attached hydrogen (secondary N) is 1. The molecule has 1 amide bonds. The second-order valence-electron chi connectivity index (χ2n) is 6.74. The van der Waals surface area contributed by atoms with Gasteiger partial charge in [0.25, 0.3) is 5.91 Å². The Labute approximate surface area is 158 Å². The summed E-state index contributed by atoms with van der Waals surface area (Å²) in [7, 11) is 1.60. The van der Waals surface area contributed by atoms with Gasteiger partial charge in [-0.2, -0.15) is 18.3 Å². The zero-order valence-electron chi connectivity index (χ0n) is 15.5. The molecule has 9 heteroatoms. The Kier molecular flexibility index (Phi) is 5.01. The highest BCUT2D eigenvalue weighted by Crippen LogP contribution is 2.30. The summed E-state index contributed by atoms with van der Waals surface area (Å²) in [5.74, 6) is -0.442. The van der Waals surface area contributed by atoms with Crippen LogP contribution in [0.2, 0.25) is 0 Å². The van der Waals surface area contributed by atoms with Crippen LogP contribution in [0, 0.1) is 6.92 Å². The third-order valence-corrected chi connectivity index (χ3v) is 4.44. The number of fused-ring (bicyclic) bond motifs is 1. The molecule has 28 heavy (non-hydrogen) atoms. The molecule has 1 N–H and O–H groups in total. The third kappa shape index (κ3) is 3.78. The molecule has 0 fully saturated rings. The molecule has 2 aromatic heterocycles. The van der Waals surface area contributed by atoms with Crippen LogP contribution in [0.15, 0.2) is 41.3 Å². The van der Waals surface area contributed by atoms with E-state index in [4.69, 9.17) is 0 Å². The van der Waals surface area contributed by atoms with Crippen LogP contribution in [0.3, 0.4) is 0 Å². The zero-order chi connectivity index (χ0) is 20.6. The van der Waals surface area contributed by atoms with Crippen molar-refractivity contribution < 1.29 is 18.0 Å². The second-order valence-corrected chi connectivity index (χ2v) is 6.74. The van der Waals surface area contributed by atoms with E-state index in [-0.39, 0.29) is 17.4 Å². The summed E-state index contributed by atoms with van der Waals surface area (Å²) in [4.78, 5) is 24.5. The number of amides is 1. The minimum Gasteiger partial charge on any atom is -0.346 e. The fourth-order valence-electron chi connectivity index (χ4n) is 3.14. The highest BCUT2D eigenvalue weighted by Gasteiger charge is 2.35. The van der Waals surface area contributed by atoms with Crippen molar-refractivity contribution in [3.8, 4) is 0 Å². The molecule has 0 spiro atoms. The minimum absolute atomic E-state index is 0.154. The van der Waals surface area contributed by atoms with Crippen LogP contribution in [0.1, 0.15) is 28.7 Å². The molecule has 0 saturated carbocycles. The minimum atomic E-state index is -4.70. The van der Waals surface area contributed by atoms with E-state index in [2.05, 4.69) is 10.4 Å². The molecule has 3 rings (SSSR count). The highest BCUT2D eigenvalue weighted by atomic mass is 19.4. The molecular weight excluding hydrogens is 373 g/mol. The molecule has 0 aliphatic carbocycles. The van der Waals surface area contributed by atoms with Gasteiger partial charge in [0, 0.05) is 37.3 Å². The average molecular weight is 392 g/mol. The number of benzene rings is 1. The van der Waals surface area contributed by atoms with Crippen LogP contribution in [0.25, 0.3) is 10.9 Å². The molecule has 1 atom stereocenters. The van der Waals surface area contributed by atoms with Crippen LogP contribution >= 0.6 is 0 Å². The quantitative estimate of drug-likeness (QED) is 0.742. The Morgan fingerprint density at radius 3 is 2.57 bits per heavy atom. The molecule has 148 valence electrons. The van der Waals surface area contributed by atoms with Crippen molar-refractivity contribution in [3.05, 3.63) is 63.7 Å². The van der Waals surface area contributed by atoms with Crippen LogP contribution in [0.5, 0.6) is 0 Å². The number of rotatable bonds is 4. The Bertz CT molecular complexity index is 1100. The van der Waals surface area contributed by atoms with Gasteiger partial charge < -0.3 is 9.88 Å². The summed E-state index contributed by atoms with van der Waals surface area (Å²) < 4.78 is 43.1. The average Bonchev–Trinajstić information content (AvgIpc) is 3.02. The Morgan fingerprint density at radius 1 is 1.25 bits per heavy atom. The molecule has 0 radical (unpaired) electrons. The number of hydrogen-bond acceptors (Lipinski definition) is 3. The molecule has 0 aliphatic rings. The highest BCUT2D eigenvalue weighted by molar-refractivity contribution is 5.92. The summed E-state index contributed by atoms with van der Waals surface area (Å²) in [6, 6.07) is 6.20. The van der Waals surface area contributed by atoms with Crippen LogP contribution < -0.4 is 10.7 Å². The van der Waals surface area contributed by atoms with E-state index in [1.807, 2.05) is 0 Å². The Morgan fingerprint density at radius 2 is 1.96 bits per heavy atom. The maximum absolute atomic E-state index is 13.6. The predicted molar refractivity (Wildman–Crippen MR) is 98.1 cm³/mol. The van der Waals surface area contributed by atoms with Crippen LogP contribution in [0.4, 0.5) is 13.2 Å². The van der Waals surface area contributed by atoms with Gasteiger partial charge in [0.1, 0.15) is 11.4 Å². The monoisotopic (exact) mass is 392 g/mol. The molecule has 3 aromatic rings. The van der Waals surface area contributed by atoms with Crippen molar-refractivity contribution in [1.29, 1.82) is 0 Å². The number of pyridine rings is 1. The molecule has 0 unspecified atom stereocenters. The van der Waals surface area contributed by atoms with Gasteiger partial charge in [0.15, 0.2) is 5.43 Å². The van der Waals surface area contributed by atoms with Gasteiger partial charge in [-0.3, -0.25) is 14.3 Å². The Hall–Kier alpha value is -3.10. The van der Waals surface area contributed by atoms with Gasteiger partial charge >= 0.3 is 6.18 Å². The van der Waals surface area contributed by atoms with E-state index in [0.717, 1.165) is 10.1 Å². The van der Waals surface area contributed by atoms with E-state index < -0.39 is 29.2 Å². The van der Waals surface area contributed by atoms with Crippen molar-refractivity contribution in [3.63, 3.8) is 0 Å². The maximum atomic E-state index is 13.6. The number of aromatic nitrogens is 3. The third-order valence-electron chi connectivity index (χ3n) is 4.44. The van der Waals surface area contributed by atoms with Gasteiger partial charge in [-0.25, -0.2) is 0 Å². The largest absolute Gasteiger partial charge is 0.431 e. The summed E-state index contributed by atoms with van der Waals surface area (Å²) in [6.45, 7) is 3.21. The zero-order valence-corrected chi connectivity index (χ0v) is 15.5. The lowest BCUT2D eigenvalue weighted by atomic mass is 10.1. The molecule has 0 bridgehead atoms. The van der Waals surface area contributed by atoms with Crippen molar-refractivity contribution in [2.45, 2.75) is 32.6 Å². The lowest BCUT2D eigenvalue weighted by Gasteiger charge is -2.22. The maximum Gasteiger partial charge on any atom is 0.431 e. The topological polar surface area (TPSA) is 68.9 Å². The number of carbonyl (C=O) groups is 1. The first kappa shape index (κ1) is 19.7. The van der Waals surface area contributed by atoms with Gasteiger partial charge in [0.05, 0.1) is 5.52 Å². The van der Waals surface area contributed by atoms with Crippen molar-refractivity contribution in [2.75, 3.05) is 0 Å². The van der Waals surface area contributed by atoms with Gasteiger partial charge in [-0.05, 0) is 32.0 Å². The summed E-state index contributed by atoms with van der Waals surface area (Å²) in [5, 5.41) is 6.78. The fourth-order valence-corrected chi connectivity index (χ4v) is 3.14. The van der Waals surface area contributed by atoms with Gasteiger partial charge in [-0.15, -0.1) is 0 Å². The number of hydrogen-bond donors (Lipinski definition) is 1. The molecule has 6 nitrogen and oxygen atoms in total. The summed E-state index contributed by atoms with van der Waals surface area (Å²) >= 11 is 0. The van der Waals surface area contributed by atoms with E-state index >= 15 is 0 Å². The van der Waals surface area contributed by atoms with E-state index in [1.165, 1.54) is 23.0 Å². The summed E-state index contributed by atoms with van der Waals surface area (Å²) in [6.07, 6.45) is -3.25. The number of halogens is 3. The van der Waals surface area contributed by atoms with Crippen LogP contribution in [-0.4, -0.2) is 26.3 Å². The SMILES string of the molecule is Cc1ccc2c(c1)c(=O)cc(C(F)(F)F)n2C[C@@H](C)NC(=O)c1ccnn1C. The van der Waals surface area contributed by atoms with Gasteiger partial charge in [0.2, 0.25) is 0 Å². The smallest absolute Gasteiger partial charge is 0.346 e. The van der Waals surface area contributed by atoms with Crippen LogP contribution in [-0.2, 0) is 19.8 Å². The lowest BCUT2D eigenvalue weighted by Crippen LogP contribution is -2.38. The van der Waals surface area contributed by atoms with E-state index in [0.29, 0.717) is 11.8 Å². The van der Waals surface area contributed by atoms with Gasteiger partial charge in [-0.1, -0.05) is 11.6 Å². The first-order valence-corrected chi connectivity index (χ1v) is 8.58. The predicted octanol–water partition coefficient (Wildman–Crippen LogP) is 2.88. The molecule has 2 heterocycles. The van der Waals surface area contributed by atoms with E-state index in [1.54, 1.807) is 33.0 Å². The number of nitrogens with zero attached hydrogens (tertiary/aromatic N) is 3. The molecular formula is C19H19F3N4O2. The number of alkyl halides is 3. The second kappa shape index (κ2) is 7.14. The van der Waals surface area contributed by atoms with Crippen molar-refractivity contribution in [2.24, 2.45) is 7.05 Å². The number of aryl methyl sites for hydroxylation is 2. The lowest BCUT2D eigenvalue weighted by molar-refractivity contribution is -0.143. The first-order chi connectivity index (χ1) is 13.1. The Balaban J connectivity index is 2.01. The molecule has 0 saturated heterocycles. The molecule has 0 aliphatic heterocycles. The standard InChI is InChI=1S/C19H19F3N4O2/c1-11-4-5-14-13(8-11)16(27)9-17(19(20,21)22)26(14)10-12(2)24-18(28)15-6-7-23-25(15)3/h4-9,12H,10H2,1-3H3,(H,24,28)/t12-/m1/s1. The normalized spacial score (nSPS) is 12.9. The first-order valence-electron chi connectivity index (χ1n) is 8.58.